The van der Waals surface area contributed by atoms with Crippen molar-refractivity contribution in [2.45, 2.75) is 0 Å². The van der Waals surface area contributed by atoms with Gasteiger partial charge in [0.2, 0.25) is 0 Å². The summed E-state index contributed by atoms with van der Waals surface area (Å²) in [4.78, 5) is 12.0. The number of amides is 1. The Kier molecular flexibility index (Phi) is 4.67. The molecule has 1 amide bonds. The number of hydrogen-bond acceptors (Lipinski definition) is 3. The van der Waals surface area contributed by atoms with Crippen LogP contribution < -0.4 is 10.8 Å². The Bertz CT molecular complexity index is 632. The van der Waals surface area contributed by atoms with E-state index in [1.165, 1.54) is 18.2 Å². The van der Waals surface area contributed by atoms with Crippen molar-refractivity contribution in [1.82, 2.24) is 0 Å². The molecule has 20 heavy (non-hydrogen) atoms. The van der Waals surface area contributed by atoms with Crippen LogP contribution in [0.2, 0.25) is 10.0 Å². The zero-order valence-corrected chi connectivity index (χ0v) is 11.7. The van der Waals surface area contributed by atoms with Gasteiger partial charge < -0.3 is 15.4 Å². The fraction of sp³-hybridized carbons (Fsp3) is 0. The van der Waals surface area contributed by atoms with E-state index in [2.05, 4.69) is 5.32 Å². The molecule has 0 aliphatic carbocycles. The van der Waals surface area contributed by atoms with Crippen molar-refractivity contribution in [1.29, 1.82) is 0 Å². The lowest BCUT2D eigenvalue weighted by molar-refractivity contribution is 0.102. The summed E-state index contributed by atoms with van der Waals surface area (Å²) in [6, 6.07) is 10.8. The van der Waals surface area contributed by atoms with E-state index < -0.39 is 13.0 Å². The first-order valence-electron chi connectivity index (χ1n) is 5.70. The normalized spacial score (nSPS) is 10.2. The minimum absolute atomic E-state index is 0.141. The highest BCUT2D eigenvalue weighted by Gasteiger charge is 2.16. The Morgan fingerprint density at radius 2 is 1.70 bits per heavy atom. The molecule has 4 nitrogen and oxygen atoms in total. The van der Waals surface area contributed by atoms with E-state index in [-0.39, 0.29) is 16.0 Å². The van der Waals surface area contributed by atoms with Gasteiger partial charge in [-0.15, -0.1) is 0 Å². The maximum Gasteiger partial charge on any atom is 0.488 e. The number of halogens is 2. The van der Waals surface area contributed by atoms with Crippen molar-refractivity contribution in [2.24, 2.45) is 0 Å². The second-order valence-electron chi connectivity index (χ2n) is 4.07. The summed E-state index contributed by atoms with van der Waals surface area (Å²) in [5.74, 6) is -0.392. The summed E-state index contributed by atoms with van der Waals surface area (Å²) >= 11 is 11.7. The van der Waals surface area contributed by atoms with Gasteiger partial charge in [0.15, 0.2) is 0 Å². The standard InChI is InChI=1S/C13H10BCl2NO3/c15-9-2-4-10(5-3-9)17-13(18)11-6-1-8(14(19)20)7-12(11)16/h1-7,19-20H,(H,17,18). The van der Waals surface area contributed by atoms with Gasteiger partial charge in [-0.05, 0) is 41.9 Å². The third-order valence-electron chi connectivity index (χ3n) is 2.64. The van der Waals surface area contributed by atoms with Gasteiger partial charge >= 0.3 is 7.12 Å². The van der Waals surface area contributed by atoms with Crippen molar-refractivity contribution in [3.63, 3.8) is 0 Å². The zero-order valence-electron chi connectivity index (χ0n) is 10.2. The molecule has 0 radical (unpaired) electrons. The first-order valence-corrected chi connectivity index (χ1v) is 6.45. The van der Waals surface area contributed by atoms with Gasteiger partial charge in [0.05, 0.1) is 10.6 Å². The monoisotopic (exact) mass is 309 g/mol. The first kappa shape index (κ1) is 14.9. The Labute approximate surface area is 126 Å². The maximum atomic E-state index is 12.0. The summed E-state index contributed by atoms with van der Waals surface area (Å²) in [5.41, 5.74) is 1.05. The number of benzene rings is 2. The smallest absolute Gasteiger partial charge is 0.423 e. The lowest BCUT2D eigenvalue weighted by Crippen LogP contribution is -2.30. The highest BCUT2D eigenvalue weighted by molar-refractivity contribution is 6.59. The van der Waals surface area contributed by atoms with Crippen LogP contribution in [-0.4, -0.2) is 23.1 Å². The second-order valence-corrected chi connectivity index (χ2v) is 4.92. The van der Waals surface area contributed by atoms with Crippen molar-refractivity contribution in [3.8, 4) is 0 Å². The summed E-state index contributed by atoms with van der Waals surface area (Å²) in [6.45, 7) is 0. The van der Waals surface area contributed by atoms with Crippen LogP contribution in [0, 0.1) is 0 Å². The highest BCUT2D eigenvalue weighted by Crippen LogP contribution is 2.18. The Morgan fingerprint density at radius 3 is 2.25 bits per heavy atom. The van der Waals surface area contributed by atoms with Crippen molar-refractivity contribution >= 4 is 47.4 Å². The minimum Gasteiger partial charge on any atom is -0.423 e. The second kappa shape index (κ2) is 6.28. The SMILES string of the molecule is O=C(Nc1ccc(Cl)cc1)c1ccc(B(O)O)cc1Cl. The molecule has 0 fully saturated rings. The van der Waals surface area contributed by atoms with Gasteiger partial charge in [-0.2, -0.15) is 0 Å². The van der Waals surface area contributed by atoms with E-state index in [1.54, 1.807) is 24.3 Å². The number of carbonyl (C=O) groups excluding carboxylic acids is 1. The van der Waals surface area contributed by atoms with Gasteiger partial charge in [0.1, 0.15) is 0 Å². The number of carbonyl (C=O) groups is 1. The van der Waals surface area contributed by atoms with Crippen molar-refractivity contribution in [2.75, 3.05) is 5.32 Å². The molecule has 7 heteroatoms. The van der Waals surface area contributed by atoms with Gasteiger partial charge in [-0.1, -0.05) is 29.3 Å². The number of rotatable bonds is 3. The molecule has 0 bridgehead atoms. The zero-order chi connectivity index (χ0) is 14.7. The Morgan fingerprint density at radius 1 is 1.05 bits per heavy atom. The topological polar surface area (TPSA) is 69.6 Å². The van der Waals surface area contributed by atoms with Crippen molar-refractivity contribution in [3.05, 3.63) is 58.1 Å². The van der Waals surface area contributed by atoms with E-state index in [4.69, 9.17) is 33.2 Å². The van der Waals surface area contributed by atoms with E-state index in [0.717, 1.165) is 0 Å². The highest BCUT2D eigenvalue weighted by atomic mass is 35.5. The maximum absolute atomic E-state index is 12.0. The first-order chi connectivity index (χ1) is 9.47. The summed E-state index contributed by atoms with van der Waals surface area (Å²) in [6.07, 6.45) is 0. The molecule has 2 aromatic carbocycles. The number of anilines is 1. The predicted molar refractivity (Wildman–Crippen MR) is 80.7 cm³/mol. The molecule has 0 aliphatic heterocycles. The largest absolute Gasteiger partial charge is 0.488 e. The van der Waals surface area contributed by atoms with Gasteiger partial charge in [-0.25, -0.2) is 0 Å². The van der Waals surface area contributed by atoms with Gasteiger partial charge in [0, 0.05) is 10.7 Å². The number of hydrogen-bond donors (Lipinski definition) is 3. The van der Waals surface area contributed by atoms with Gasteiger partial charge in [0.25, 0.3) is 5.91 Å². The molecule has 0 heterocycles. The van der Waals surface area contributed by atoms with Crippen LogP contribution in [0.1, 0.15) is 10.4 Å². The van der Waals surface area contributed by atoms with Crippen LogP contribution in [-0.2, 0) is 0 Å². The lowest BCUT2D eigenvalue weighted by Gasteiger charge is -2.08. The molecule has 3 N–H and O–H groups in total. The average molecular weight is 310 g/mol. The van der Waals surface area contributed by atoms with Crippen LogP contribution in [0.4, 0.5) is 5.69 Å². The van der Waals surface area contributed by atoms with E-state index in [1.807, 2.05) is 0 Å². The molecule has 0 spiro atoms. The van der Waals surface area contributed by atoms with E-state index in [9.17, 15) is 4.79 Å². The predicted octanol–water partition coefficient (Wildman–Crippen LogP) is 1.93. The molecule has 2 rings (SSSR count). The average Bonchev–Trinajstić information content (AvgIpc) is 2.41. The van der Waals surface area contributed by atoms with E-state index >= 15 is 0 Å². The summed E-state index contributed by atoms with van der Waals surface area (Å²) in [7, 11) is -1.62. The number of nitrogens with one attached hydrogen (secondary N) is 1. The summed E-state index contributed by atoms with van der Waals surface area (Å²) in [5, 5.41) is 21.4. The molecule has 0 unspecified atom stereocenters. The summed E-state index contributed by atoms with van der Waals surface area (Å²) < 4.78 is 0. The minimum atomic E-state index is -1.62. The molecule has 2 aromatic rings. The van der Waals surface area contributed by atoms with Crippen LogP contribution in [0.5, 0.6) is 0 Å². The molecular weight excluding hydrogens is 300 g/mol. The van der Waals surface area contributed by atoms with Crippen LogP contribution in [0.15, 0.2) is 42.5 Å². The van der Waals surface area contributed by atoms with Crippen LogP contribution in [0.3, 0.4) is 0 Å². The fourth-order valence-electron chi connectivity index (χ4n) is 1.61. The quantitative estimate of drug-likeness (QED) is 0.759. The fourth-order valence-corrected chi connectivity index (χ4v) is 2.01. The molecule has 0 aromatic heterocycles. The lowest BCUT2D eigenvalue weighted by atomic mass is 9.80. The molecular formula is C13H10BCl2NO3. The molecule has 0 saturated heterocycles. The molecule has 0 aliphatic rings. The Hall–Kier alpha value is -1.53. The third-order valence-corrected chi connectivity index (χ3v) is 3.20. The Balaban J connectivity index is 2.19. The van der Waals surface area contributed by atoms with Crippen LogP contribution in [0.25, 0.3) is 0 Å². The van der Waals surface area contributed by atoms with Crippen LogP contribution >= 0.6 is 23.2 Å². The molecule has 0 atom stereocenters. The molecule has 102 valence electrons. The van der Waals surface area contributed by atoms with E-state index in [0.29, 0.717) is 10.7 Å². The molecule has 0 saturated carbocycles. The van der Waals surface area contributed by atoms with Gasteiger partial charge in [-0.3, -0.25) is 4.79 Å². The van der Waals surface area contributed by atoms with Crippen molar-refractivity contribution < 1.29 is 14.8 Å². The third kappa shape index (κ3) is 3.52.